The molecule has 0 bridgehead atoms. The van der Waals surface area contributed by atoms with E-state index in [1.165, 1.54) is 17.8 Å². The molecule has 110 valence electrons. The van der Waals surface area contributed by atoms with Gasteiger partial charge in [-0.05, 0) is 19.8 Å². The molecule has 1 aliphatic rings. The van der Waals surface area contributed by atoms with Gasteiger partial charge in [0.25, 0.3) is 0 Å². The SMILES string of the molecule is Cc1csc(NC(=O)CCNC(=O)C2CCCCC2)n1. The number of hydrogen-bond acceptors (Lipinski definition) is 4. The summed E-state index contributed by atoms with van der Waals surface area (Å²) < 4.78 is 0. The molecule has 2 amide bonds. The summed E-state index contributed by atoms with van der Waals surface area (Å²) in [6.07, 6.45) is 5.77. The van der Waals surface area contributed by atoms with Gasteiger partial charge in [0.05, 0.1) is 5.69 Å². The van der Waals surface area contributed by atoms with Crippen molar-refractivity contribution in [3.05, 3.63) is 11.1 Å². The topological polar surface area (TPSA) is 71.1 Å². The van der Waals surface area contributed by atoms with Crippen LogP contribution in [0.5, 0.6) is 0 Å². The van der Waals surface area contributed by atoms with Crippen LogP contribution in [0.4, 0.5) is 5.13 Å². The van der Waals surface area contributed by atoms with Crippen molar-refractivity contribution < 1.29 is 9.59 Å². The zero-order valence-electron chi connectivity index (χ0n) is 11.8. The average molecular weight is 295 g/mol. The molecule has 0 atom stereocenters. The number of aromatic nitrogens is 1. The van der Waals surface area contributed by atoms with E-state index in [2.05, 4.69) is 15.6 Å². The van der Waals surface area contributed by atoms with Gasteiger partial charge in [-0.15, -0.1) is 11.3 Å². The third-order valence-electron chi connectivity index (χ3n) is 3.49. The summed E-state index contributed by atoms with van der Waals surface area (Å²) in [7, 11) is 0. The van der Waals surface area contributed by atoms with Crippen LogP contribution >= 0.6 is 11.3 Å². The van der Waals surface area contributed by atoms with Crippen LogP contribution < -0.4 is 10.6 Å². The molecule has 1 fully saturated rings. The molecule has 1 aromatic rings. The van der Waals surface area contributed by atoms with Crippen molar-refractivity contribution in [1.29, 1.82) is 0 Å². The quantitative estimate of drug-likeness (QED) is 0.876. The second kappa shape index (κ2) is 7.38. The number of carbonyl (C=O) groups is 2. The number of amides is 2. The van der Waals surface area contributed by atoms with E-state index in [-0.39, 0.29) is 24.2 Å². The number of rotatable bonds is 5. The Hall–Kier alpha value is -1.43. The zero-order chi connectivity index (χ0) is 14.4. The molecule has 0 radical (unpaired) electrons. The van der Waals surface area contributed by atoms with Crippen molar-refractivity contribution in [3.63, 3.8) is 0 Å². The van der Waals surface area contributed by atoms with E-state index in [4.69, 9.17) is 0 Å². The van der Waals surface area contributed by atoms with Crippen molar-refractivity contribution in [1.82, 2.24) is 10.3 Å². The number of aryl methyl sites for hydroxylation is 1. The van der Waals surface area contributed by atoms with Gasteiger partial charge in [-0.3, -0.25) is 9.59 Å². The Kier molecular flexibility index (Phi) is 5.52. The Morgan fingerprint density at radius 3 is 2.75 bits per heavy atom. The van der Waals surface area contributed by atoms with Gasteiger partial charge in [-0.1, -0.05) is 19.3 Å². The summed E-state index contributed by atoms with van der Waals surface area (Å²) >= 11 is 1.41. The first-order valence-corrected chi connectivity index (χ1v) is 8.03. The number of carbonyl (C=O) groups excluding carboxylic acids is 2. The molecule has 1 aromatic heterocycles. The lowest BCUT2D eigenvalue weighted by molar-refractivity contribution is -0.126. The predicted molar refractivity (Wildman–Crippen MR) is 79.7 cm³/mol. The highest BCUT2D eigenvalue weighted by Gasteiger charge is 2.20. The fourth-order valence-corrected chi connectivity index (χ4v) is 3.11. The van der Waals surface area contributed by atoms with Gasteiger partial charge < -0.3 is 10.6 Å². The van der Waals surface area contributed by atoms with E-state index in [0.717, 1.165) is 31.4 Å². The Balaban J connectivity index is 1.64. The first-order chi connectivity index (χ1) is 9.65. The molecule has 0 aliphatic heterocycles. The number of anilines is 1. The van der Waals surface area contributed by atoms with E-state index in [1.807, 2.05) is 12.3 Å². The number of nitrogens with zero attached hydrogens (tertiary/aromatic N) is 1. The maximum absolute atomic E-state index is 11.9. The third kappa shape index (κ3) is 4.59. The molecule has 1 heterocycles. The van der Waals surface area contributed by atoms with E-state index in [0.29, 0.717) is 11.7 Å². The Labute approximate surface area is 123 Å². The average Bonchev–Trinajstić information content (AvgIpc) is 2.85. The molecule has 1 aliphatic carbocycles. The van der Waals surface area contributed by atoms with Gasteiger partial charge in [0.1, 0.15) is 0 Å². The van der Waals surface area contributed by atoms with Gasteiger partial charge in [-0.2, -0.15) is 0 Å². The fraction of sp³-hybridized carbons (Fsp3) is 0.643. The summed E-state index contributed by atoms with van der Waals surface area (Å²) in [5, 5.41) is 8.10. The van der Waals surface area contributed by atoms with Crippen LogP contribution in [-0.4, -0.2) is 23.3 Å². The van der Waals surface area contributed by atoms with Gasteiger partial charge in [0.15, 0.2) is 5.13 Å². The molecule has 5 nitrogen and oxygen atoms in total. The summed E-state index contributed by atoms with van der Waals surface area (Å²) in [5.41, 5.74) is 0.899. The Bertz CT molecular complexity index is 467. The van der Waals surface area contributed by atoms with Crippen molar-refractivity contribution >= 4 is 28.3 Å². The minimum atomic E-state index is -0.108. The van der Waals surface area contributed by atoms with E-state index in [9.17, 15) is 9.59 Å². The highest BCUT2D eigenvalue weighted by molar-refractivity contribution is 7.13. The molecule has 20 heavy (non-hydrogen) atoms. The van der Waals surface area contributed by atoms with Crippen LogP contribution in [0.2, 0.25) is 0 Å². The largest absolute Gasteiger partial charge is 0.355 e. The maximum Gasteiger partial charge on any atom is 0.227 e. The Morgan fingerprint density at radius 2 is 2.10 bits per heavy atom. The molecular formula is C14H21N3O2S. The van der Waals surface area contributed by atoms with E-state index in [1.54, 1.807) is 0 Å². The second-order valence-corrected chi connectivity index (χ2v) is 6.08. The molecule has 0 unspecified atom stereocenters. The first kappa shape index (κ1) is 15.0. The van der Waals surface area contributed by atoms with E-state index < -0.39 is 0 Å². The van der Waals surface area contributed by atoms with Crippen LogP contribution in [0, 0.1) is 12.8 Å². The minimum Gasteiger partial charge on any atom is -0.355 e. The lowest BCUT2D eigenvalue weighted by atomic mass is 9.89. The molecule has 2 N–H and O–H groups in total. The smallest absolute Gasteiger partial charge is 0.227 e. The predicted octanol–water partition coefficient (Wildman–Crippen LogP) is 2.48. The molecule has 0 aromatic carbocycles. The first-order valence-electron chi connectivity index (χ1n) is 7.15. The van der Waals surface area contributed by atoms with Crippen LogP contribution in [0.15, 0.2) is 5.38 Å². The van der Waals surface area contributed by atoms with Gasteiger partial charge in [0.2, 0.25) is 11.8 Å². The van der Waals surface area contributed by atoms with Crippen LogP contribution in [-0.2, 0) is 9.59 Å². The zero-order valence-corrected chi connectivity index (χ0v) is 12.6. The van der Waals surface area contributed by atoms with Crippen molar-refractivity contribution in [2.45, 2.75) is 45.4 Å². The number of nitrogens with one attached hydrogen (secondary N) is 2. The monoisotopic (exact) mass is 295 g/mol. The molecule has 0 spiro atoms. The highest BCUT2D eigenvalue weighted by atomic mass is 32.1. The third-order valence-corrected chi connectivity index (χ3v) is 4.37. The fourth-order valence-electron chi connectivity index (χ4n) is 2.40. The highest BCUT2D eigenvalue weighted by Crippen LogP contribution is 2.23. The lowest BCUT2D eigenvalue weighted by Gasteiger charge is -2.20. The van der Waals surface area contributed by atoms with Crippen LogP contribution in [0.25, 0.3) is 0 Å². The van der Waals surface area contributed by atoms with Gasteiger partial charge >= 0.3 is 0 Å². The summed E-state index contributed by atoms with van der Waals surface area (Å²) in [6.45, 7) is 2.28. The van der Waals surface area contributed by atoms with Crippen LogP contribution in [0.1, 0.15) is 44.2 Å². The van der Waals surface area contributed by atoms with Crippen molar-refractivity contribution in [2.24, 2.45) is 5.92 Å². The lowest BCUT2D eigenvalue weighted by Crippen LogP contribution is -2.34. The van der Waals surface area contributed by atoms with Gasteiger partial charge in [0, 0.05) is 24.3 Å². The summed E-state index contributed by atoms with van der Waals surface area (Å²) in [6, 6.07) is 0. The molecule has 6 heteroatoms. The summed E-state index contributed by atoms with van der Waals surface area (Å²) in [4.78, 5) is 27.7. The maximum atomic E-state index is 11.9. The second-order valence-electron chi connectivity index (χ2n) is 5.22. The van der Waals surface area contributed by atoms with Crippen molar-refractivity contribution in [3.8, 4) is 0 Å². The molecular weight excluding hydrogens is 274 g/mol. The van der Waals surface area contributed by atoms with Crippen LogP contribution in [0.3, 0.4) is 0 Å². The van der Waals surface area contributed by atoms with Gasteiger partial charge in [-0.25, -0.2) is 4.98 Å². The minimum absolute atomic E-state index is 0.0996. The normalized spacial score (nSPS) is 15.8. The number of thiazole rings is 1. The summed E-state index contributed by atoms with van der Waals surface area (Å²) in [5.74, 6) is 0.138. The molecule has 0 saturated heterocycles. The number of hydrogen-bond donors (Lipinski definition) is 2. The standard InChI is InChI=1S/C14H21N3O2S/c1-10-9-20-14(16-10)17-12(18)7-8-15-13(19)11-5-3-2-4-6-11/h9,11H,2-8H2,1H3,(H,15,19)(H,16,17,18). The van der Waals surface area contributed by atoms with Crippen molar-refractivity contribution in [2.75, 3.05) is 11.9 Å². The molecule has 1 saturated carbocycles. The Morgan fingerprint density at radius 1 is 1.35 bits per heavy atom. The molecule has 2 rings (SSSR count). The van der Waals surface area contributed by atoms with E-state index >= 15 is 0 Å².